The number of rotatable bonds is 5. The van der Waals surface area contributed by atoms with Crippen molar-refractivity contribution >= 4 is 24.4 Å². The minimum Gasteiger partial charge on any atom is -0.436 e. The molecule has 180 valence electrons. The normalized spacial score (nSPS) is 11.6. The van der Waals surface area contributed by atoms with E-state index in [1.54, 1.807) is 0 Å². The molecule has 0 aliphatic rings. The molecule has 0 saturated carbocycles. The Hall–Kier alpha value is -4.21. The molecule has 0 unspecified atom stereocenters. The number of oxazole rings is 1. The van der Waals surface area contributed by atoms with Crippen molar-refractivity contribution in [3.05, 3.63) is 121 Å². The maximum atomic E-state index is 5.91. The van der Waals surface area contributed by atoms with Crippen molar-refractivity contribution in [2.24, 2.45) is 0 Å². The van der Waals surface area contributed by atoms with Gasteiger partial charge in [0, 0.05) is 5.56 Å². The summed E-state index contributed by atoms with van der Waals surface area (Å²) in [6.45, 7) is 7.16. The topological polar surface area (TPSA) is 26.0 Å². The lowest BCUT2D eigenvalue weighted by atomic mass is 9.98. The third-order valence-electron chi connectivity index (χ3n) is 6.95. The number of para-hydroxylation sites is 2. The molecular formula is C34H29NOSi. The summed E-state index contributed by atoms with van der Waals surface area (Å²) >= 11 is 0. The monoisotopic (exact) mass is 495 g/mol. The summed E-state index contributed by atoms with van der Waals surface area (Å²) in [5, 5.41) is 1.49. The zero-order valence-corrected chi connectivity index (χ0v) is 22.4. The average Bonchev–Trinajstić information content (AvgIpc) is 3.38. The third-order valence-corrected chi connectivity index (χ3v) is 9.01. The van der Waals surface area contributed by atoms with E-state index in [-0.39, 0.29) is 0 Å². The summed E-state index contributed by atoms with van der Waals surface area (Å²) in [4.78, 5) is 4.60. The Bertz CT molecular complexity index is 1620. The summed E-state index contributed by atoms with van der Waals surface area (Å²) < 4.78 is 5.91. The van der Waals surface area contributed by atoms with Crippen LogP contribution in [0.25, 0.3) is 55.9 Å². The van der Waals surface area contributed by atoms with Gasteiger partial charge in [0.15, 0.2) is 5.58 Å². The van der Waals surface area contributed by atoms with Crippen LogP contribution in [0.2, 0.25) is 19.6 Å². The Morgan fingerprint density at radius 2 is 0.838 bits per heavy atom. The highest BCUT2D eigenvalue weighted by Crippen LogP contribution is 2.30. The molecular weight excluding hydrogens is 466 g/mol. The first-order valence-electron chi connectivity index (χ1n) is 12.7. The van der Waals surface area contributed by atoms with Gasteiger partial charge in [-0.25, -0.2) is 4.98 Å². The van der Waals surface area contributed by atoms with E-state index in [1.165, 1.54) is 38.6 Å². The van der Waals surface area contributed by atoms with Crippen molar-refractivity contribution in [1.29, 1.82) is 0 Å². The molecule has 6 rings (SSSR count). The first kappa shape index (κ1) is 23.2. The van der Waals surface area contributed by atoms with E-state index in [2.05, 4.69) is 122 Å². The predicted molar refractivity (Wildman–Crippen MR) is 159 cm³/mol. The summed E-state index contributed by atoms with van der Waals surface area (Å²) in [5.74, 6) is 0.651. The highest BCUT2D eigenvalue weighted by molar-refractivity contribution is 6.88. The lowest BCUT2D eigenvalue weighted by Gasteiger charge is -2.16. The maximum absolute atomic E-state index is 5.91. The van der Waals surface area contributed by atoms with Gasteiger partial charge in [-0.3, -0.25) is 0 Å². The van der Waals surface area contributed by atoms with E-state index in [0.717, 1.165) is 16.7 Å². The Morgan fingerprint density at radius 3 is 1.24 bits per heavy atom. The number of nitrogens with zero attached hydrogens (tertiary/aromatic N) is 1. The van der Waals surface area contributed by atoms with Gasteiger partial charge in [0.25, 0.3) is 0 Å². The fraction of sp³-hybridized carbons (Fsp3) is 0.0882. The van der Waals surface area contributed by atoms with E-state index < -0.39 is 8.07 Å². The van der Waals surface area contributed by atoms with Crippen molar-refractivity contribution in [3.8, 4) is 44.8 Å². The quantitative estimate of drug-likeness (QED) is 0.223. The molecule has 6 aromatic rings. The zero-order chi connectivity index (χ0) is 25.4. The fourth-order valence-electron chi connectivity index (χ4n) is 4.67. The van der Waals surface area contributed by atoms with Crippen molar-refractivity contribution < 1.29 is 4.42 Å². The molecule has 3 heteroatoms. The largest absolute Gasteiger partial charge is 0.436 e. The van der Waals surface area contributed by atoms with Crippen molar-refractivity contribution in [2.75, 3.05) is 0 Å². The van der Waals surface area contributed by atoms with Crippen LogP contribution >= 0.6 is 0 Å². The maximum Gasteiger partial charge on any atom is 0.227 e. The molecule has 0 amide bonds. The summed E-state index contributed by atoms with van der Waals surface area (Å²) in [5.41, 5.74) is 9.98. The molecule has 0 bridgehead atoms. The fourth-order valence-corrected chi connectivity index (χ4v) is 5.84. The number of aromatic nitrogens is 1. The molecule has 2 nitrogen and oxygen atoms in total. The van der Waals surface area contributed by atoms with Crippen LogP contribution in [0.3, 0.4) is 0 Å². The Kier molecular flexibility index (Phi) is 5.86. The van der Waals surface area contributed by atoms with E-state index in [1.807, 2.05) is 24.3 Å². The zero-order valence-electron chi connectivity index (χ0n) is 21.4. The van der Waals surface area contributed by atoms with Crippen LogP contribution in [0.1, 0.15) is 0 Å². The number of hydrogen-bond donors (Lipinski definition) is 0. The summed E-state index contributed by atoms with van der Waals surface area (Å²) in [7, 11) is -1.27. The van der Waals surface area contributed by atoms with Crippen LogP contribution in [-0.2, 0) is 0 Å². The van der Waals surface area contributed by atoms with Gasteiger partial charge in [-0.05, 0) is 57.6 Å². The molecule has 0 aliphatic carbocycles. The second-order valence-electron chi connectivity index (χ2n) is 10.5. The molecule has 0 radical (unpaired) electrons. The molecule has 0 aliphatic heterocycles. The molecule has 37 heavy (non-hydrogen) atoms. The molecule has 0 N–H and O–H groups in total. The minimum absolute atomic E-state index is 0.651. The highest BCUT2D eigenvalue weighted by Gasteiger charge is 2.15. The Labute approximate surface area is 219 Å². The van der Waals surface area contributed by atoms with Gasteiger partial charge in [-0.15, -0.1) is 0 Å². The molecule has 0 saturated heterocycles. The smallest absolute Gasteiger partial charge is 0.227 e. The van der Waals surface area contributed by atoms with Crippen LogP contribution in [0.5, 0.6) is 0 Å². The lowest BCUT2D eigenvalue weighted by molar-refractivity contribution is 0.620. The minimum atomic E-state index is -1.27. The van der Waals surface area contributed by atoms with E-state index in [0.29, 0.717) is 5.89 Å². The third kappa shape index (κ3) is 4.78. The van der Waals surface area contributed by atoms with E-state index in [9.17, 15) is 0 Å². The van der Waals surface area contributed by atoms with Crippen molar-refractivity contribution in [2.45, 2.75) is 19.6 Å². The molecule has 0 atom stereocenters. The van der Waals surface area contributed by atoms with Crippen LogP contribution in [0, 0.1) is 0 Å². The summed E-state index contributed by atoms with van der Waals surface area (Å²) in [6.07, 6.45) is 0. The second-order valence-corrected chi connectivity index (χ2v) is 15.6. The van der Waals surface area contributed by atoms with Gasteiger partial charge < -0.3 is 4.42 Å². The van der Waals surface area contributed by atoms with Gasteiger partial charge >= 0.3 is 0 Å². The van der Waals surface area contributed by atoms with E-state index >= 15 is 0 Å². The Morgan fingerprint density at radius 1 is 0.459 bits per heavy atom. The number of fused-ring (bicyclic) bond motifs is 1. The van der Waals surface area contributed by atoms with E-state index in [4.69, 9.17) is 4.42 Å². The predicted octanol–water partition coefficient (Wildman–Crippen LogP) is 9.04. The van der Waals surface area contributed by atoms with Crippen LogP contribution in [0.15, 0.2) is 126 Å². The standard InChI is InChI=1S/C34H29NOSi/c1-37(2,3)31-22-20-29(21-23-31)27-14-12-25(13-15-27)24-8-10-26(11-9-24)28-16-18-30(19-17-28)34-35-32-6-4-5-7-33(32)36-34/h4-23H,1-3H3. The molecule has 1 heterocycles. The highest BCUT2D eigenvalue weighted by atomic mass is 28.3. The van der Waals surface area contributed by atoms with Gasteiger partial charge in [0.1, 0.15) is 5.52 Å². The average molecular weight is 496 g/mol. The van der Waals surface area contributed by atoms with Gasteiger partial charge in [0.2, 0.25) is 5.89 Å². The summed E-state index contributed by atoms with van der Waals surface area (Å²) in [6, 6.07) is 43.0. The van der Waals surface area contributed by atoms with Crippen molar-refractivity contribution in [3.63, 3.8) is 0 Å². The number of hydrogen-bond acceptors (Lipinski definition) is 2. The van der Waals surface area contributed by atoms with Gasteiger partial charge in [-0.2, -0.15) is 0 Å². The molecule has 1 aromatic heterocycles. The van der Waals surface area contributed by atoms with Crippen LogP contribution in [-0.4, -0.2) is 13.1 Å². The first-order valence-corrected chi connectivity index (χ1v) is 16.2. The molecule has 0 fully saturated rings. The Balaban J connectivity index is 1.18. The lowest BCUT2D eigenvalue weighted by Crippen LogP contribution is -2.37. The van der Waals surface area contributed by atoms with Crippen LogP contribution < -0.4 is 5.19 Å². The molecule has 5 aromatic carbocycles. The van der Waals surface area contributed by atoms with Gasteiger partial charge in [-0.1, -0.05) is 122 Å². The first-order chi connectivity index (χ1) is 17.9. The second kappa shape index (κ2) is 9.34. The van der Waals surface area contributed by atoms with Gasteiger partial charge in [0.05, 0.1) is 8.07 Å². The SMILES string of the molecule is C[Si](C)(C)c1ccc(-c2ccc(-c3ccc(-c4ccc(-c5nc6ccccc6o5)cc4)cc3)cc2)cc1. The number of benzene rings is 5. The molecule has 0 spiro atoms. The van der Waals surface area contributed by atoms with Crippen LogP contribution in [0.4, 0.5) is 0 Å². The van der Waals surface area contributed by atoms with Crippen molar-refractivity contribution in [1.82, 2.24) is 4.98 Å².